The van der Waals surface area contributed by atoms with Gasteiger partial charge in [0, 0.05) is 6.54 Å². The number of ether oxygens (including phenoxy) is 1. The fourth-order valence-electron chi connectivity index (χ4n) is 3.18. The van der Waals surface area contributed by atoms with Gasteiger partial charge in [0.15, 0.2) is 0 Å². The Bertz CT molecular complexity index is 607. The van der Waals surface area contributed by atoms with Gasteiger partial charge in [0.1, 0.15) is 5.75 Å². The lowest BCUT2D eigenvalue weighted by Crippen LogP contribution is -2.31. The van der Waals surface area contributed by atoms with E-state index in [0.29, 0.717) is 30.0 Å². The summed E-state index contributed by atoms with van der Waals surface area (Å²) in [6.07, 6.45) is 6.79. The Morgan fingerprint density at radius 1 is 1.20 bits per heavy atom. The van der Waals surface area contributed by atoms with Crippen LogP contribution < -0.4 is 9.46 Å². The Morgan fingerprint density at radius 3 is 2.50 bits per heavy atom. The van der Waals surface area contributed by atoms with Crippen LogP contribution in [-0.2, 0) is 10.0 Å². The fourth-order valence-corrected chi connectivity index (χ4v) is 4.28. The topological polar surface area (TPSA) is 55.4 Å². The summed E-state index contributed by atoms with van der Waals surface area (Å²) in [6.45, 7) is 0.528. The van der Waals surface area contributed by atoms with Gasteiger partial charge >= 0.3 is 0 Å². The van der Waals surface area contributed by atoms with Crippen LogP contribution in [0.5, 0.6) is 5.75 Å². The molecule has 3 unspecified atom stereocenters. The summed E-state index contributed by atoms with van der Waals surface area (Å²) in [7, 11) is -1.86. The number of methoxy groups -OCH3 is 1. The molecular formula is C15H19NO3S. The van der Waals surface area contributed by atoms with Gasteiger partial charge in [-0.2, -0.15) is 0 Å². The molecule has 2 aliphatic carbocycles. The van der Waals surface area contributed by atoms with Crippen molar-refractivity contribution in [2.45, 2.75) is 17.7 Å². The second-order valence-electron chi connectivity index (χ2n) is 5.57. The number of benzene rings is 1. The molecule has 1 aromatic carbocycles. The van der Waals surface area contributed by atoms with Crippen LogP contribution in [0, 0.1) is 17.8 Å². The lowest BCUT2D eigenvalue weighted by atomic mass is 9.94. The van der Waals surface area contributed by atoms with Gasteiger partial charge in [0.25, 0.3) is 0 Å². The zero-order valence-corrected chi connectivity index (χ0v) is 12.3. The fraction of sp³-hybridized carbons (Fsp3) is 0.467. The molecule has 5 heteroatoms. The molecule has 0 spiro atoms. The van der Waals surface area contributed by atoms with Gasteiger partial charge in [-0.05, 0) is 54.9 Å². The molecule has 0 saturated heterocycles. The molecule has 0 radical (unpaired) electrons. The predicted octanol–water partition coefficient (Wildman–Crippen LogP) is 2.19. The van der Waals surface area contributed by atoms with E-state index in [2.05, 4.69) is 16.9 Å². The third-order valence-corrected chi connectivity index (χ3v) is 5.76. The van der Waals surface area contributed by atoms with E-state index in [1.165, 1.54) is 6.42 Å². The quantitative estimate of drug-likeness (QED) is 0.847. The maximum Gasteiger partial charge on any atom is 0.240 e. The maximum absolute atomic E-state index is 12.2. The van der Waals surface area contributed by atoms with Gasteiger partial charge in [-0.25, -0.2) is 13.1 Å². The second kappa shape index (κ2) is 5.22. The van der Waals surface area contributed by atoms with Crippen molar-refractivity contribution in [3.8, 4) is 5.75 Å². The Morgan fingerprint density at radius 2 is 1.95 bits per heavy atom. The molecule has 0 amide bonds. The Hall–Kier alpha value is -1.33. The molecule has 3 rings (SSSR count). The first kappa shape index (κ1) is 13.6. The van der Waals surface area contributed by atoms with Crippen LogP contribution in [0.2, 0.25) is 0 Å². The SMILES string of the molecule is COc1ccc(S(=O)(=O)NCC2CC3C=CC2C3)cc1. The molecule has 2 aliphatic rings. The van der Waals surface area contributed by atoms with E-state index < -0.39 is 10.0 Å². The minimum atomic E-state index is -3.42. The monoisotopic (exact) mass is 293 g/mol. The van der Waals surface area contributed by atoms with Crippen LogP contribution in [0.15, 0.2) is 41.3 Å². The summed E-state index contributed by atoms with van der Waals surface area (Å²) in [5.41, 5.74) is 0. The maximum atomic E-state index is 12.2. The highest BCUT2D eigenvalue weighted by Gasteiger charge is 2.35. The van der Waals surface area contributed by atoms with Gasteiger partial charge in [0.2, 0.25) is 10.0 Å². The highest BCUT2D eigenvalue weighted by Crippen LogP contribution is 2.43. The molecule has 1 fully saturated rings. The van der Waals surface area contributed by atoms with E-state index in [1.807, 2.05) is 0 Å². The van der Waals surface area contributed by atoms with Crippen molar-refractivity contribution >= 4 is 10.0 Å². The van der Waals surface area contributed by atoms with Gasteiger partial charge < -0.3 is 4.74 Å². The third-order valence-electron chi connectivity index (χ3n) is 4.32. The van der Waals surface area contributed by atoms with Crippen LogP contribution in [-0.4, -0.2) is 22.1 Å². The summed E-state index contributed by atoms with van der Waals surface area (Å²) in [5, 5.41) is 0. The first-order valence-corrected chi connectivity index (χ1v) is 8.39. The molecule has 2 bridgehead atoms. The van der Waals surface area contributed by atoms with E-state index in [0.717, 1.165) is 6.42 Å². The lowest BCUT2D eigenvalue weighted by molar-refractivity contribution is 0.414. The molecule has 20 heavy (non-hydrogen) atoms. The van der Waals surface area contributed by atoms with E-state index in [-0.39, 0.29) is 4.90 Å². The number of rotatable bonds is 5. The highest BCUT2D eigenvalue weighted by atomic mass is 32.2. The number of hydrogen-bond donors (Lipinski definition) is 1. The summed E-state index contributed by atoms with van der Waals surface area (Å²) < 4.78 is 32.2. The van der Waals surface area contributed by atoms with Crippen LogP contribution in [0.4, 0.5) is 0 Å². The molecule has 0 heterocycles. The zero-order valence-electron chi connectivity index (χ0n) is 11.5. The van der Waals surface area contributed by atoms with Gasteiger partial charge in [0.05, 0.1) is 12.0 Å². The number of nitrogens with one attached hydrogen (secondary N) is 1. The van der Waals surface area contributed by atoms with E-state index >= 15 is 0 Å². The normalized spacial score (nSPS) is 27.9. The van der Waals surface area contributed by atoms with E-state index in [4.69, 9.17) is 4.74 Å². The predicted molar refractivity (Wildman–Crippen MR) is 77.0 cm³/mol. The zero-order chi connectivity index (χ0) is 14.2. The summed E-state index contributed by atoms with van der Waals surface area (Å²) >= 11 is 0. The van der Waals surface area contributed by atoms with Crippen molar-refractivity contribution in [1.82, 2.24) is 4.72 Å². The van der Waals surface area contributed by atoms with Crippen LogP contribution in [0.3, 0.4) is 0 Å². The number of sulfonamides is 1. The van der Waals surface area contributed by atoms with Crippen LogP contribution in [0.25, 0.3) is 0 Å². The second-order valence-corrected chi connectivity index (χ2v) is 7.33. The van der Waals surface area contributed by atoms with Crippen molar-refractivity contribution < 1.29 is 13.2 Å². The number of allylic oxidation sites excluding steroid dienone is 2. The first-order valence-electron chi connectivity index (χ1n) is 6.90. The third kappa shape index (κ3) is 2.60. The molecule has 1 saturated carbocycles. The molecule has 3 atom stereocenters. The first-order chi connectivity index (χ1) is 9.58. The highest BCUT2D eigenvalue weighted by molar-refractivity contribution is 7.89. The Balaban J connectivity index is 1.64. The molecular weight excluding hydrogens is 274 g/mol. The van der Waals surface area contributed by atoms with E-state index in [9.17, 15) is 8.42 Å². The minimum absolute atomic E-state index is 0.289. The summed E-state index contributed by atoms with van der Waals surface area (Å²) in [6, 6.07) is 6.47. The van der Waals surface area contributed by atoms with Gasteiger partial charge in [-0.3, -0.25) is 0 Å². The average Bonchev–Trinajstić information content (AvgIpc) is 3.08. The van der Waals surface area contributed by atoms with Crippen molar-refractivity contribution in [2.75, 3.05) is 13.7 Å². The van der Waals surface area contributed by atoms with Crippen molar-refractivity contribution in [3.63, 3.8) is 0 Å². The molecule has 1 aromatic rings. The van der Waals surface area contributed by atoms with Crippen molar-refractivity contribution in [3.05, 3.63) is 36.4 Å². The molecule has 0 aromatic heterocycles. The summed E-state index contributed by atoms with van der Waals surface area (Å²) in [5.74, 6) is 2.31. The van der Waals surface area contributed by atoms with Gasteiger partial charge in [-0.1, -0.05) is 12.2 Å². The van der Waals surface area contributed by atoms with Crippen molar-refractivity contribution in [2.24, 2.45) is 17.8 Å². The van der Waals surface area contributed by atoms with Crippen molar-refractivity contribution in [1.29, 1.82) is 0 Å². The standard InChI is InChI=1S/C15H19NO3S/c1-19-14-4-6-15(7-5-14)20(17,18)16-10-13-9-11-2-3-12(13)8-11/h2-7,11-13,16H,8-10H2,1H3. The number of fused-ring (bicyclic) bond motifs is 2. The Kier molecular flexibility index (Phi) is 3.56. The molecule has 0 aliphatic heterocycles. The van der Waals surface area contributed by atoms with Crippen LogP contribution >= 0.6 is 0 Å². The lowest BCUT2D eigenvalue weighted by Gasteiger charge is -2.18. The van der Waals surface area contributed by atoms with Crippen LogP contribution in [0.1, 0.15) is 12.8 Å². The number of hydrogen-bond acceptors (Lipinski definition) is 3. The average molecular weight is 293 g/mol. The Labute approximate surface area is 119 Å². The van der Waals surface area contributed by atoms with Gasteiger partial charge in [-0.15, -0.1) is 0 Å². The molecule has 108 valence electrons. The molecule has 1 N–H and O–H groups in total. The minimum Gasteiger partial charge on any atom is -0.497 e. The molecule has 4 nitrogen and oxygen atoms in total. The smallest absolute Gasteiger partial charge is 0.240 e. The largest absolute Gasteiger partial charge is 0.497 e. The van der Waals surface area contributed by atoms with E-state index in [1.54, 1.807) is 31.4 Å². The summed E-state index contributed by atoms with van der Waals surface area (Å²) in [4.78, 5) is 0.289.